The lowest BCUT2D eigenvalue weighted by Gasteiger charge is -2.11. The topological polar surface area (TPSA) is 42.0 Å². The van der Waals surface area contributed by atoms with Crippen LogP contribution in [-0.2, 0) is 0 Å². The fraction of sp³-hybridized carbons (Fsp3) is 0. The number of amides is 1. The van der Waals surface area contributed by atoms with Crippen molar-refractivity contribution in [3.8, 4) is 11.1 Å². The number of anilines is 1. The molecule has 0 radical (unpaired) electrons. The molecule has 1 heterocycles. The van der Waals surface area contributed by atoms with Crippen molar-refractivity contribution in [1.29, 1.82) is 0 Å². The lowest BCUT2D eigenvalue weighted by Crippen LogP contribution is -2.11. The molecule has 1 amide bonds. The van der Waals surface area contributed by atoms with Crippen LogP contribution in [0.25, 0.3) is 11.1 Å². The van der Waals surface area contributed by atoms with E-state index in [0.29, 0.717) is 16.1 Å². The molecule has 3 rings (SSSR count). The Kier molecular flexibility index (Phi) is 4.18. The first kappa shape index (κ1) is 14.7. The number of carbonyl (C=O) groups is 1. The van der Waals surface area contributed by atoms with E-state index in [0.717, 1.165) is 5.56 Å². The molecule has 0 saturated heterocycles. The minimum absolute atomic E-state index is 0.0647. The van der Waals surface area contributed by atoms with E-state index in [1.165, 1.54) is 29.7 Å². The molecule has 0 aliphatic heterocycles. The molecule has 110 valence electrons. The van der Waals surface area contributed by atoms with Crippen LogP contribution in [0.4, 0.5) is 10.1 Å². The highest BCUT2D eigenvalue weighted by Crippen LogP contribution is 2.30. The zero-order valence-corrected chi connectivity index (χ0v) is 12.8. The summed E-state index contributed by atoms with van der Waals surface area (Å²) in [6.07, 6.45) is 1.50. The number of hydrogen-bond donors (Lipinski definition) is 1. The molecular formula is C16H10ClFN2OS. The Balaban J connectivity index is 1.96. The van der Waals surface area contributed by atoms with E-state index in [9.17, 15) is 9.18 Å². The van der Waals surface area contributed by atoms with Gasteiger partial charge in [-0.05, 0) is 23.8 Å². The van der Waals surface area contributed by atoms with Crippen LogP contribution in [0.2, 0.25) is 5.02 Å². The summed E-state index contributed by atoms with van der Waals surface area (Å²) in [7, 11) is 0. The van der Waals surface area contributed by atoms with E-state index in [1.54, 1.807) is 23.7 Å². The van der Waals surface area contributed by atoms with Gasteiger partial charge in [-0.2, -0.15) is 0 Å². The third kappa shape index (κ3) is 3.00. The van der Waals surface area contributed by atoms with Crippen LogP contribution in [-0.4, -0.2) is 10.9 Å². The van der Waals surface area contributed by atoms with Crippen LogP contribution < -0.4 is 5.32 Å². The second kappa shape index (κ2) is 6.25. The Morgan fingerprint density at radius 1 is 1.23 bits per heavy atom. The van der Waals surface area contributed by atoms with Gasteiger partial charge in [-0.1, -0.05) is 35.9 Å². The van der Waals surface area contributed by atoms with E-state index in [-0.39, 0.29) is 10.9 Å². The molecule has 0 atom stereocenters. The van der Waals surface area contributed by atoms with E-state index < -0.39 is 5.82 Å². The second-order valence-electron chi connectivity index (χ2n) is 4.49. The van der Waals surface area contributed by atoms with E-state index in [4.69, 9.17) is 11.6 Å². The zero-order chi connectivity index (χ0) is 15.5. The maximum atomic E-state index is 13.7. The van der Waals surface area contributed by atoms with Gasteiger partial charge in [0.15, 0.2) is 0 Å². The summed E-state index contributed by atoms with van der Waals surface area (Å²) in [5.74, 6) is -0.743. The van der Waals surface area contributed by atoms with Crippen molar-refractivity contribution in [3.05, 3.63) is 69.9 Å². The van der Waals surface area contributed by atoms with Crippen molar-refractivity contribution in [2.24, 2.45) is 0 Å². The number of benzene rings is 2. The van der Waals surface area contributed by atoms with Gasteiger partial charge in [-0.15, -0.1) is 11.3 Å². The van der Waals surface area contributed by atoms with Gasteiger partial charge in [0.05, 0.1) is 16.7 Å². The average molecular weight is 333 g/mol. The van der Waals surface area contributed by atoms with Crippen molar-refractivity contribution < 1.29 is 9.18 Å². The SMILES string of the molecule is O=C(Nc1ccccc1-c1ccc(Cl)c(F)c1)c1cncs1. The molecular weight excluding hydrogens is 323 g/mol. The van der Waals surface area contributed by atoms with E-state index in [2.05, 4.69) is 10.3 Å². The molecule has 1 N–H and O–H groups in total. The fourth-order valence-corrected chi connectivity index (χ4v) is 2.65. The first-order chi connectivity index (χ1) is 10.6. The molecule has 22 heavy (non-hydrogen) atoms. The molecule has 0 aliphatic carbocycles. The van der Waals surface area contributed by atoms with Crippen molar-refractivity contribution in [2.75, 3.05) is 5.32 Å². The smallest absolute Gasteiger partial charge is 0.267 e. The van der Waals surface area contributed by atoms with Gasteiger partial charge in [0.25, 0.3) is 5.91 Å². The molecule has 0 unspecified atom stereocenters. The first-order valence-corrected chi connectivity index (χ1v) is 7.65. The number of para-hydroxylation sites is 1. The molecule has 0 saturated carbocycles. The molecule has 0 fully saturated rings. The van der Waals surface area contributed by atoms with E-state index >= 15 is 0 Å². The second-order valence-corrected chi connectivity index (χ2v) is 5.79. The highest BCUT2D eigenvalue weighted by molar-refractivity contribution is 7.11. The number of hydrogen-bond acceptors (Lipinski definition) is 3. The van der Waals surface area contributed by atoms with Crippen LogP contribution in [0.3, 0.4) is 0 Å². The molecule has 1 aromatic heterocycles. The summed E-state index contributed by atoms with van der Waals surface area (Å²) in [4.78, 5) is 16.5. The van der Waals surface area contributed by atoms with Gasteiger partial charge in [-0.3, -0.25) is 9.78 Å². The lowest BCUT2D eigenvalue weighted by atomic mass is 10.0. The maximum absolute atomic E-state index is 13.7. The summed E-state index contributed by atoms with van der Waals surface area (Å²) in [6.45, 7) is 0. The van der Waals surface area contributed by atoms with Gasteiger partial charge in [0, 0.05) is 11.3 Å². The third-order valence-corrected chi connectivity index (χ3v) is 4.14. The monoisotopic (exact) mass is 332 g/mol. The summed E-state index contributed by atoms with van der Waals surface area (Å²) in [6, 6.07) is 11.8. The van der Waals surface area contributed by atoms with Crippen LogP contribution in [0.15, 0.2) is 54.2 Å². The zero-order valence-electron chi connectivity index (χ0n) is 11.2. The summed E-state index contributed by atoms with van der Waals surface area (Å²) < 4.78 is 13.7. The van der Waals surface area contributed by atoms with Crippen molar-refractivity contribution in [3.63, 3.8) is 0 Å². The number of nitrogens with zero attached hydrogens (tertiary/aromatic N) is 1. The molecule has 0 aliphatic rings. The normalized spacial score (nSPS) is 10.5. The Hall–Kier alpha value is -2.24. The van der Waals surface area contributed by atoms with Gasteiger partial charge in [0.2, 0.25) is 0 Å². The summed E-state index contributed by atoms with van der Waals surface area (Å²) >= 11 is 6.97. The number of halogens is 2. The molecule has 6 heteroatoms. The van der Waals surface area contributed by atoms with Gasteiger partial charge in [0.1, 0.15) is 10.7 Å². The molecule has 3 aromatic rings. The predicted molar refractivity (Wildman–Crippen MR) is 86.9 cm³/mol. The molecule has 3 nitrogen and oxygen atoms in total. The van der Waals surface area contributed by atoms with Gasteiger partial charge < -0.3 is 5.32 Å². The Labute approximate surface area is 135 Å². The quantitative estimate of drug-likeness (QED) is 0.744. The molecule has 0 spiro atoms. The molecule has 0 bridgehead atoms. The van der Waals surface area contributed by atoms with Crippen molar-refractivity contribution in [1.82, 2.24) is 4.98 Å². The van der Waals surface area contributed by atoms with E-state index in [1.807, 2.05) is 12.1 Å². The maximum Gasteiger partial charge on any atom is 0.267 e. The lowest BCUT2D eigenvalue weighted by molar-refractivity contribution is 0.103. The summed E-state index contributed by atoms with van der Waals surface area (Å²) in [5.41, 5.74) is 3.55. The predicted octanol–water partition coefficient (Wildman–Crippen LogP) is 4.85. The minimum atomic E-state index is -0.497. The Bertz CT molecular complexity index is 821. The Morgan fingerprint density at radius 2 is 2.05 bits per heavy atom. The number of nitrogens with one attached hydrogen (secondary N) is 1. The highest BCUT2D eigenvalue weighted by Gasteiger charge is 2.12. The third-order valence-electron chi connectivity index (χ3n) is 3.06. The van der Waals surface area contributed by atoms with Crippen molar-refractivity contribution in [2.45, 2.75) is 0 Å². The van der Waals surface area contributed by atoms with Gasteiger partial charge in [-0.25, -0.2) is 4.39 Å². The largest absolute Gasteiger partial charge is 0.321 e. The fourth-order valence-electron chi connectivity index (χ4n) is 2.02. The van der Waals surface area contributed by atoms with Crippen molar-refractivity contribution >= 4 is 34.5 Å². The minimum Gasteiger partial charge on any atom is -0.321 e. The average Bonchev–Trinajstić information content (AvgIpc) is 3.05. The first-order valence-electron chi connectivity index (χ1n) is 6.39. The standard InChI is InChI=1S/C16H10ClFN2OS/c17-12-6-5-10(7-13(12)18)11-3-1-2-4-14(11)20-16(21)15-8-19-9-22-15/h1-9H,(H,20,21). The Morgan fingerprint density at radius 3 is 2.77 bits per heavy atom. The number of carbonyl (C=O) groups excluding carboxylic acids is 1. The summed E-state index contributed by atoms with van der Waals surface area (Å²) in [5, 5.41) is 2.89. The van der Waals surface area contributed by atoms with Crippen LogP contribution in [0, 0.1) is 5.82 Å². The highest BCUT2D eigenvalue weighted by atomic mass is 35.5. The molecule has 2 aromatic carbocycles. The number of thiazole rings is 1. The van der Waals surface area contributed by atoms with Gasteiger partial charge >= 0.3 is 0 Å². The number of aromatic nitrogens is 1. The number of rotatable bonds is 3. The van der Waals surface area contributed by atoms with Crippen LogP contribution >= 0.6 is 22.9 Å². The van der Waals surface area contributed by atoms with Crippen LogP contribution in [0.1, 0.15) is 9.67 Å². The van der Waals surface area contributed by atoms with Crippen LogP contribution in [0.5, 0.6) is 0 Å².